The first-order chi connectivity index (χ1) is 19.0. The number of rotatable bonds is 7. The lowest BCUT2D eigenvalue weighted by atomic mass is 10.0. The molecule has 1 aliphatic rings. The monoisotopic (exact) mass is 600 g/mol. The van der Waals surface area contributed by atoms with Gasteiger partial charge in [0.05, 0.1) is 36.3 Å². The summed E-state index contributed by atoms with van der Waals surface area (Å²) in [5, 5.41) is 12.3. The van der Waals surface area contributed by atoms with Crippen molar-refractivity contribution in [3.05, 3.63) is 71.8 Å². The highest BCUT2D eigenvalue weighted by Gasteiger charge is 2.38. The van der Waals surface area contributed by atoms with Crippen LogP contribution >= 0.6 is 0 Å². The van der Waals surface area contributed by atoms with Crippen LogP contribution in [0.2, 0.25) is 0 Å². The highest BCUT2D eigenvalue weighted by Crippen LogP contribution is 2.42. The van der Waals surface area contributed by atoms with Gasteiger partial charge in [-0.05, 0) is 55.8 Å². The maximum atomic E-state index is 15.0. The topological polar surface area (TPSA) is 105 Å². The van der Waals surface area contributed by atoms with Gasteiger partial charge < -0.3 is 19.9 Å². The van der Waals surface area contributed by atoms with Gasteiger partial charge in [-0.15, -0.1) is 0 Å². The van der Waals surface area contributed by atoms with Crippen molar-refractivity contribution in [1.29, 1.82) is 0 Å². The fourth-order valence-corrected chi connectivity index (χ4v) is 5.66. The molecule has 41 heavy (non-hydrogen) atoms. The molecule has 1 amide bonds. The van der Waals surface area contributed by atoms with Crippen LogP contribution in [0.15, 0.2) is 59.5 Å². The number of methoxy groups -OCH3 is 1. The Balaban J connectivity index is 1.82. The van der Waals surface area contributed by atoms with E-state index >= 15 is 4.39 Å². The molecule has 220 valence electrons. The number of alkyl halides is 3. The zero-order valence-electron chi connectivity index (χ0n) is 21.9. The molecule has 4 rings (SSSR count). The zero-order chi connectivity index (χ0) is 30.3. The van der Waals surface area contributed by atoms with Gasteiger partial charge in [0.1, 0.15) is 23.3 Å². The van der Waals surface area contributed by atoms with Crippen LogP contribution < -0.4 is 19.1 Å². The second-order valence-corrected chi connectivity index (χ2v) is 11.6. The molecule has 0 fully saturated rings. The molecule has 0 saturated heterocycles. The highest BCUT2D eigenvalue weighted by atomic mass is 32.2. The summed E-state index contributed by atoms with van der Waals surface area (Å²) < 4.78 is 108. The molecule has 1 atom stereocenters. The van der Waals surface area contributed by atoms with Crippen molar-refractivity contribution in [3.63, 3.8) is 0 Å². The minimum Gasteiger partial charge on any atom is -0.494 e. The van der Waals surface area contributed by atoms with Crippen molar-refractivity contribution in [2.24, 2.45) is 0 Å². The lowest BCUT2D eigenvalue weighted by Gasteiger charge is -2.36. The summed E-state index contributed by atoms with van der Waals surface area (Å²) in [5.74, 6) is -2.98. The maximum Gasteiger partial charge on any atom is 0.416 e. The molecule has 0 spiro atoms. The largest absolute Gasteiger partial charge is 0.494 e. The molecule has 0 bridgehead atoms. The van der Waals surface area contributed by atoms with Gasteiger partial charge in [-0.1, -0.05) is 12.1 Å². The molecule has 1 aliphatic heterocycles. The third-order valence-corrected chi connectivity index (χ3v) is 8.00. The average molecular weight is 601 g/mol. The predicted octanol–water partition coefficient (Wildman–Crippen LogP) is 4.50. The van der Waals surface area contributed by atoms with Crippen LogP contribution in [0.3, 0.4) is 0 Å². The lowest BCUT2D eigenvalue weighted by molar-refractivity contribution is -0.138. The Morgan fingerprint density at radius 3 is 2.46 bits per heavy atom. The number of carbonyl (C=O) groups excluding carboxylic acids is 1. The zero-order valence-corrected chi connectivity index (χ0v) is 22.7. The second-order valence-electron chi connectivity index (χ2n) is 9.72. The first-order valence-corrected chi connectivity index (χ1v) is 13.5. The molecule has 0 aliphatic carbocycles. The quantitative estimate of drug-likeness (QED) is 0.387. The molecule has 0 saturated carbocycles. The fraction of sp³-hybridized carbons (Fsp3) is 0.296. The molecular formula is C27H25F5N2O6S. The van der Waals surface area contributed by atoms with Crippen LogP contribution in [0.5, 0.6) is 11.5 Å². The van der Waals surface area contributed by atoms with Crippen molar-refractivity contribution >= 4 is 21.6 Å². The van der Waals surface area contributed by atoms with E-state index in [4.69, 9.17) is 9.47 Å². The molecule has 3 aromatic rings. The van der Waals surface area contributed by atoms with Crippen LogP contribution in [0.4, 0.5) is 27.6 Å². The Morgan fingerprint density at radius 2 is 1.83 bits per heavy atom. The number of hydrogen-bond acceptors (Lipinski definition) is 6. The number of benzene rings is 3. The minimum atomic E-state index is -4.82. The van der Waals surface area contributed by atoms with Crippen molar-refractivity contribution in [2.75, 3.05) is 24.5 Å². The van der Waals surface area contributed by atoms with Crippen LogP contribution in [-0.2, 0) is 21.0 Å². The predicted molar refractivity (Wildman–Crippen MR) is 138 cm³/mol. The van der Waals surface area contributed by atoms with Gasteiger partial charge in [0.25, 0.3) is 15.9 Å². The van der Waals surface area contributed by atoms with E-state index in [2.05, 4.69) is 5.32 Å². The summed E-state index contributed by atoms with van der Waals surface area (Å²) in [6.07, 6.45) is -5.86. The van der Waals surface area contributed by atoms with Crippen molar-refractivity contribution in [2.45, 2.75) is 36.6 Å². The molecule has 0 aromatic heterocycles. The summed E-state index contributed by atoms with van der Waals surface area (Å²) in [6.45, 7) is 1.74. The number of ether oxygens (including phenoxy) is 2. The van der Waals surface area contributed by atoms with E-state index in [1.54, 1.807) is 0 Å². The molecule has 2 N–H and O–H groups in total. The highest BCUT2D eigenvalue weighted by molar-refractivity contribution is 7.92. The number of fused-ring (bicyclic) bond motifs is 1. The number of carbonyl (C=O) groups is 1. The van der Waals surface area contributed by atoms with E-state index in [1.807, 2.05) is 0 Å². The summed E-state index contributed by atoms with van der Waals surface area (Å²) >= 11 is 0. The van der Waals surface area contributed by atoms with E-state index in [0.29, 0.717) is 6.07 Å². The van der Waals surface area contributed by atoms with E-state index in [-0.39, 0.29) is 29.1 Å². The minimum absolute atomic E-state index is 0.0284. The number of nitrogens with one attached hydrogen (secondary N) is 1. The van der Waals surface area contributed by atoms with Crippen molar-refractivity contribution in [1.82, 2.24) is 5.32 Å². The van der Waals surface area contributed by atoms with E-state index in [9.17, 15) is 35.9 Å². The Hall–Kier alpha value is -3.91. The molecule has 8 nitrogen and oxygen atoms in total. The van der Waals surface area contributed by atoms with Gasteiger partial charge in [0, 0.05) is 11.6 Å². The third kappa shape index (κ3) is 6.22. The van der Waals surface area contributed by atoms with Gasteiger partial charge in [-0.25, -0.2) is 17.2 Å². The molecule has 14 heteroatoms. The summed E-state index contributed by atoms with van der Waals surface area (Å²) in [4.78, 5) is 11.5. The standard InChI is InChI=1S/C27H25F5N2O6S/c1-26(2,36)25(35)33-13-18-14-34(41(37,38)19-6-4-5-16(10-19)27(30,31)32)21-9-15(7-8-22(21)40-18)20-11-17(28)12-23(39-3)24(20)29/h4-12,18,36H,13-14H2,1-3H3,(H,33,35)/t18-/m0/s1. The van der Waals surface area contributed by atoms with Crippen molar-refractivity contribution in [3.8, 4) is 22.6 Å². The first-order valence-electron chi connectivity index (χ1n) is 12.1. The molecular weight excluding hydrogens is 575 g/mol. The number of sulfonamides is 1. The Morgan fingerprint density at radius 1 is 1.12 bits per heavy atom. The van der Waals surface area contributed by atoms with Gasteiger partial charge in [-0.3, -0.25) is 9.10 Å². The number of nitrogens with zero attached hydrogens (tertiary/aromatic N) is 1. The number of aliphatic hydroxyl groups is 1. The first kappa shape index (κ1) is 30.1. The SMILES string of the molecule is COc1cc(F)cc(-c2ccc3c(c2)N(S(=O)(=O)c2cccc(C(F)(F)F)c2)C[C@H](CNC(=O)C(C)(C)O)O3)c1F. The van der Waals surface area contributed by atoms with E-state index < -0.39 is 68.2 Å². The molecule has 3 aromatic carbocycles. The van der Waals surface area contributed by atoms with Gasteiger partial charge in [0.2, 0.25) is 0 Å². The Labute approximate surface area is 232 Å². The molecule has 0 unspecified atom stereocenters. The average Bonchev–Trinajstić information content (AvgIpc) is 2.91. The molecule has 0 radical (unpaired) electrons. The number of halogens is 5. The molecule has 1 heterocycles. The Kier molecular flexibility index (Phi) is 7.93. The fourth-order valence-electron chi connectivity index (χ4n) is 4.12. The van der Waals surface area contributed by atoms with Gasteiger partial charge in [-0.2, -0.15) is 13.2 Å². The van der Waals surface area contributed by atoms with Gasteiger partial charge in [0.15, 0.2) is 11.6 Å². The van der Waals surface area contributed by atoms with Crippen LogP contribution in [0, 0.1) is 11.6 Å². The normalized spacial score (nSPS) is 15.6. The third-order valence-electron chi connectivity index (χ3n) is 6.22. The smallest absolute Gasteiger partial charge is 0.416 e. The second kappa shape index (κ2) is 10.8. The van der Waals surface area contributed by atoms with Crippen LogP contribution in [0.25, 0.3) is 11.1 Å². The van der Waals surface area contributed by atoms with Crippen LogP contribution in [0.1, 0.15) is 19.4 Å². The number of hydrogen-bond donors (Lipinski definition) is 2. The summed E-state index contributed by atoms with van der Waals surface area (Å²) in [7, 11) is -3.55. The number of anilines is 1. The van der Waals surface area contributed by atoms with Crippen LogP contribution in [-0.4, -0.2) is 51.3 Å². The Bertz CT molecular complexity index is 1590. The van der Waals surface area contributed by atoms with Crippen molar-refractivity contribution < 1.29 is 49.7 Å². The maximum absolute atomic E-state index is 15.0. The lowest BCUT2D eigenvalue weighted by Crippen LogP contribution is -2.51. The van der Waals surface area contributed by atoms with E-state index in [0.717, 1.165) is 41.7 Å². The summed E-state index contributed by atoms with van der Waals surface area (Å²) in [6, 6.07) is 8.68. The van der Waals surface area contributed by atoms with Gasteiger partial charge >= 0.3 is 6.18 Å². The van der Waals surface area contributed by atoms with E-state index in [1.165, 1.54) is 32.0 Å². The number of amides is 1. The summed E-state index contributed by atoms with van der Waals surface area (Å²) in [5.41, 5.74) is -3.33.